The number of rotatable bonds is 9. The third-order valence-electron chi connectivity index (χ3n) is 5.18. The highest BCUT2D eigenvalue weighted by Gasteiger charge is 2.32. The van der Waals surface area contributed by atoms with E-state index >= 15 is 0 Å². The Bertz CT molecular complexity index is 622. The molecule has 0 aliphatic heterocycles. The lowest BCUT2D eigenvalue weighted by atomic mass is 9.78. The van der Waals surface area contributed by atoms with Gasteiger partial charge in [0.2, 0.25) is 17.7 Å². The zero-order chi connectivity index (χ0) is 21.9. The second-order valence-electron chi connectivity index (χ2n) is 7.66. The molecule has 29 heavy (non-hydrogen) atoms. The minimum atomic E-state index is -0.585. The van der Waals surface area contributed by atoms with E-state index in [2.05, 4.69) is 16.0 Å². The molecule has 164 valence electrons. The van der Waals surface area contributed by atoms with E-state index in [9.17, 15) is 19.2 Å². The molecule has 3 atom stereocenters. The number of nitrogens with one attached hydrogen (secondary N) is 3. The van der Waals surface area contributed by atoms with Gasteiger partial charge in [-0.25, -0.2) is 4.79 Å². The Morgan fingerprint density at radius 3 is 2.59 bits per heavy atom. The molecule has 1 aliphatic carbocycles. The summed E-state index contributed by atoms with van der Waals surface area (Å²) in [5.41, 5.74) is 4.92. The van der Waals surface area contributed by atoms with Crippen molar-refractivity contribution < 1.29 is 23.9 Å². The summed E-state index contributed by atoms with van der Waals surface area (Å²) in [6, 6.07) is -0.580. The van der Waals surface area contributed by atoms with Crippen LogP contribution >= 0.6 is 0 Å². The Morgan fingerprint density at radius 1 is 1.24 bits per heavy atom. The number of likely N-dealkylation sites (N-methyl/N-ethyl adjacent to an activating group) is 1. The number of alkyl carbamates (subject to hydrolysis) is 1. The topological polar surface area (TPSA) is 140 Å². The molecule has 0 fully saturated rings. The van der Waals surface area contributed by atoms with Gasteiger partial charge in [-0.3, -0.25) is 14.4 Å². The van der Waals surface area contributed by atoms with Gasteiger partial charge in [0.25, 0.3) is 0 Å². The van der Waals surface area contributed by atoms with Crippen molar-refractivity contribution in [2.75, 3.05) is 13.6 Å². The van der Waals surface area contributed by atoms with Gasteiger partial charge in [-0.15, -0.1) is 0 Å². The van der Waals surface area contributed by atoms with Crippen LogP contribution in [0.25, 0.3) is 0 Å². The van der Waals surface area contributed by atoms with Crippen molar-refractivity contribution in [3.8, 4) is 0 Å². The summed E-state index contributed by atoms with van der Waals surface area (Å²) in [5, 5.41) is 7.82. The molecule has 0 saturated carbocycles. The van der Waals surface area contributed by atoms with Gasteiger partial charge in [-0.2, -0.15) is 0 Å². The molecule has 0 aromatic rings. The largest absolute Gasteiger partial charge is 0.442 e. The number of amides is 4. The Kier molecular flexibility index (Phi) is 10.2. The number of allylic oxidation sites excluding steroid dienone is 1. The lowest BCUT2D eigenvalue weighted by molar-refractivity contribution is -0.128. The predicted octanol–water partition coefficient (Wildman–Crippen LogP) is 1.12. The van der Waals surface area contributed by atoms with Crippen LogP contribution in [0.2, 0.25) is 0 Å². The lowest BCUT2D eigenvalue weighted by Crippen LogP contribution is -2.44. The Morgan fingerprint density at radius 2 is 1.97 bits per heavy atom. The van der Waals surface area contributed by atoms with Gasteiger partial charge >= 0.3 is 6.09 Å². The summed E-state index contributed by atoms with van der Waals surface area (Å²) in [4.78, 5) is 46.6. The van der Waals surface area contributed by atoms with E-state index in [1.165, 1.54) is 14.0 Å². The maximum atomic E-state index is 12.0. The molecule has 3 unspecified atom stereocenters. The van der Waals surface area contributed by atoms with Crippen molar-refractivity contribution in [2.45, 2.75) is 70.9 Å². The molecule has 0 bridgehead atoms. The summed E-state index contributed by atoms with van der Waals surface area (Å²) in [5.74, 6) is -0.836. The lowest BCUT2D eigenvalue weighted by Gasteiger charge is -2.28. The summed E-state index contributed by atoms with van der Waals surface area (Å²) in [6.07, 6.45) is 7.12. The zero-order valence-electron chi connectivity index (χ0n) is 17.6. The monoisotopic (exact) mass is 410 g/mol. The van der Waals surface area contributed by atoms with Gasteiger partial charge in [0.05, 0.1) is 0 Å². The average Bonchev–Trinajstić information content (AvgIpc) is 2.65. The van der Waals surface area contributed by atoms with Crippen molar-refractivity contribution in [1.29, 1.82) is 0 Å². The molecule has 9 heteroatoms. The molecule has 0 spiro atoms. The molecule has 4 amide bonds. The fourth-order valence-corrected chi connectivity index (χ4v) is 3.21. The molecule has 0 aromatic heterocycles. The number of primary amides is 1. The van der Waals surface area contributed by atoms with Crippen LogP contribution in [0.1, 0.15) is 58.8 Å². The minimum Gasteiger partial charge on any atom is -0.442 e. The standard InChI is InChI=1S/C20H34N4O5/c1-14(25)24-16(17(26)22-3)9-5-7-13-23-19(28)29-15-8-4-6-11-20(2,12-10-15)18(21)27/h4,8,15-16H,5-7,9-13H2,1-3H3,(H2,21,27)(H,22,26)(H,23,28)(H,24,25)/b8-4+. The van der Waals surface area contributed by atoms with Crippen molar-refractivity contribution in [3.05, 3.63) is 12.2 Å². The summed E-state index contributed by atoms with van der Waals surface area (Å²) in [6.45, 7) is 3.61. The maximum absolute atomic E-state index is 12.0. The van der Waals surface area contributed by atoms with E-state index in [0.717, 1.165) is 0 Å². The smallest absolute Gasteiger partial charge is 0.407 e. The van der Waals surface area contributed by atoms with Gasteiger partial charge in [0.1, 0.15) is 12.1 Å². The van der Waals surface area contributed by atoms with Gasteiger partial charge in [0.15, 0.2) is 0 Å². The first kappa shape index (κ1) is 24.5. The average molecular weight is 411 g/mol. The van der Waals surface area contributed by atoms with Crippen LogP contribution in [-0.4, -0.2) is 49.6 Å². The van der Waals surface area contributed by atoms with Crippen molar-refractivity contribution in [1.82, 2.24) is 16.0 Å². The van der Waals surface area contributed by atoms with E-state index in [4.69, 9.17) is 10.5 Å². The van der Waals surface area contributed by atoms with E-state index in [1.54, 1.807) is 0 Å². The molecule has 1 rings (SSSR count). The number of unbranched alkanes of at least 4 members (excludes halogenated alkanes) is 1. The minimum absolute atomic E-state index is 0.244. The number of hydrogen-bond donors (Lipinski definition) is 4. The van der Waals surface area contributed by atoms with Gasteiger partial charge < -0.3 is 26.4 Å². The second kappa shape index (κ2) is 12.1. The SMILES string of the molecule is CNC(=O)C(CCCCNC(=O)OC1/C=C/CCC(C)(C(N)=O)CC1)NC(C)=O. The highest BCUT2D eigenvalue weighted by Crippen LogP contribution is 2.32. The van der Waals surface area contributed by atoms with Crippen molar-refractivity contribution >= 4 is 23.8 Å². The predicted molar refractivity (Wildman–Crippen MR) is 109 cm³/mol. The van der Waals surface area contributed by atoms with Crippen LogP contribution in [0.15, 0.2) is 12.2 Å². The molecule has 5 N–H and O–H groups in total. The van der Waals surface area contributed by atoms with Crippen LogP contribution in [-0.2, 0) is 19.1 Å². The highest BCUT2D eigenvalue weighted by atomic mass is 16.6. The Hall–Kier alpha value is -2.58. The number of ether oxygens (including phenoxy) is 1. The highest BCUT2D eigenvalue weighted by molar-refractivity contribution is 5.86. The van der Waals surface area contributed by atoms with Gasteiger partial charge in [-0.1, -0.05) is 13.0 Å². The molecule has 0 saturated heterocycles. The summed E-state index contributed by atoms with van der Waals surface area (Å²) >= 11 is 0. The van der Waals surface area contributed by atoms with Gasteiger partial charge in [0, 0.05) is 25.9 Å². The van der Waals surface area contributed by atoms with Gasteiger partial charge in [-0.05, 0) is 51.0 Å². The van der Waals surface area contributed by atoms with Crippen LogP contribution in [0, 0.1) is 5.41 Å². The number of nitrogens with two attached hydrogens (primary N) is 1. The fourth-order valence-electron chi connectivity index (χ4n) is 3.21. The molecular formula is C20H34N4O5. The first-order valence-corrected chi connectivity index (χ1v) is 10.1. The van der Waals surface area contributed by atoms with Crippen molar-refractivity contribution in [3.63, 3.8) is 0 Å². The van der Waals surface area contributed by atoms with Crippen LogP contribution in [0.3, 0.4) is 0 Å². The number of carbonyl (C=O) groups is 4. The third-order valence-corrected chi connectivity index (χ3v) is 5.18. The second-order valence-corrected chi connectivity index (χ2v) is 7.66. The molecular weight excluding hydrogens is 376 g/mol. The van der Waals surface area contributed by atoms with E-state index in [0.29, 0.717) is 51.5 Å². The maximum Gasteiger partial charge on any atom is 0.407 e. The normalized spacial score (nSPS) is 23.6. The van der Waals surface area contributed by atoms with Crippen LogP contribution in [0.5, 0.6) is 0 Å². The molecule has 0 radical (unpaired) electrons. The summed E-state index contributed by atoms with van der Waals surface area (Å²) < 4.78 is 5.43. The molecule has 0 aromatic carbocycles. The zero-order valence-corrected chi connectivity index (χ0v) is 17.6. The Balaban J connectivity index is 2.34. The first-order chi connectivity index (χ1) is 13.7. The quantitative estimate of drug-likeness (QED) is 0.333. The number of hydrogen-bond acceptors (Lipinski definition) is 5. The molecule has 0 heterocycles. The fraction of sp³-hybridized carbons (Fsp3) is 0.700. The molecule has 1 aliphatic rings. The summed E-state index contributed by atoms with van der Waals surface area (Å²) in [7, 11) is 1.52. The first-order valence-electron chi connectivity index (χ1n) is 10.1. The van der Waals surface area contributed by atoms with Crippen LogP contribution in [0.4, 0.5) is 4.79 Å². The van der Waals surface area contributed by atoms with Crippen molar-refractivity contribution in [2.24, 2.45) is 11.1 Å². The van der Waals surface area contributed by atoms with E-state index in [-0.39, 0.29) is 17.7 Å². The van der Waals surface area contributed by atoms with Crippen LogP contribution < -0.4 is 21.7 Å². The van der Waals surface area contributed by atoms with E-state index in [1.807, 2.05) is 19.1 Å². The Labute approximate surface area is 172 Å². The molecule has 9 nitrogen and oxygen atoms in total. The number of carbonyl (C=O) groups excluding carboxylic acids is 4. The third kappa shape index (κ3) is 8.97. The van der Waals surface area contributed by atoms with E-state index < -0.39 is 23.7 Å².